The lowest BCUT2D eigenvalue weighted by Gasteiger charge is -2.28. The van der Waals surface area contributed by atoms with Crippen molar-refractivity contribution in [2.24, 2.45) is 0 Å². The van der Waals surface area contributed by atoms with Gasteiger partial charge in [0.1, 0.15) is 0 Å². The number of benzene rings is 1. The Morgan fingerprint density at radius 3 is 2.81 bits per heavy atom. The van der Waals surface area contributed by atoms with E-state index < -0.39 is 9.84 Å². The van der Waals surface area contributed by atoms with Crippen molar-refractivity contribution >= 4 is 27.2 Å². The molecule has 1 aromatic carbocycles. The number of rotatable bonds is 11. The lowest BCUT2D eigenvalue weighted by Crippen LogP contribution is -2.43. The normalized spacial score (nSPS) is 16.2. The largest absolute Gasteiger partial charge is 0.383 e. The van der Waals surface area contributed by atoms with Crippen LogP contribution in [0.4, 0.5) is 0 Å². The second kappa shape index (κ2) is 11.7. The molecule has 1 fully saturated rings. The maximum Gasteiger partial charge on any atom is 0.228 e. The third-order valence-electron chi connectivity index (χ3n) is 5.31. The van der Waals surface area contributed by atoms with E-state index in [1.54, 1.807) is 30.0 Å². The summed E-state index contributed by atoms with van der Waals surface area (Å²) in [6.45, 7) is 5.31. The molecule has 0 radical (unpaired) electrons. The Bertz CT molecular complexity index is 973. The molecule has 1 N–H and O–H groups in total. The lowest BCUT2D eigenvalue weighted by atomic mass is 10.2. The first-order valence-corrected chi connectivity index (χ1v) is 12.9. The molecule has 10 heteroatoms. The van der Waals surface area contributed by atoms with Crippen LogP contribution >= 0.6 is 12.2 Å². The molecule has 1 aliphatic heterocycles. The Kier molecular flexibility index (Phi) is 9.03. The Hall–Kier alpha value is -2.01. The Morgan fingerprint density at radius 2 is 2.16 bits per heavy atom. The number of ether oxygens (including phenoxy) is 2. The van der Waals surface area contributed by atoms with Gasteiger partial charge in [-0.15, -0.1) is 0 Å². The van der Waals surface area contributed by atoms with Crippen LogP contribution in [-0.2, 0) is 38.2 Å². The van der Waals surface area contributed by atoms with Crippen molar-refractivity contribution < 1.29 is 17.9 Å². The maximum absolute atomic E-state index is 13.2. The minimum atomic E-state index is -3.64. The number of imidazole rings is 1. The highest BCUT2D eigenvalue weighted by molar-refractivity contribution is 7.90. The van der Waals surface area contributed by atoms with Gasteiger partial charge in [-0.2, -0.15) is 0 Å². The van der Waals surface area contributed by atoms with E-state index in [0.717, 1.165) is 30.7 Å². The van der Waals surface area contributed by atoms with Crippen molar-refractivity contribution in [3.05, 3.63) is 47.8 Å². The van der Waals surface area contributed by atoms with E-state index in [1.807, 2.05) is 30.0 Å². The molecule has 1 unspecified atom stereocenters. The third kappa shape index (κ3) is 6.50. The van der Waals surface area contributed by atoms with E-state index >= 15 is 0 Å². The summed E-state index contributed by atoms with van der Waals surface area (Å²) in [5.41, 5.74) is 1.50. The molecular formula is C22H32N4O4S2. The van der Waals surface area contributed by atoms with E-state index in [4.69, 9.17) is 21.7 Å². The summed E-state index contributed by atoms with van der Waals surface area (Å²) in [5.74, 6) is -0.104. The fourth-order valence-electron chi connectivity index (χ4n) is 3.76. The van der Waals surface area contributed by atoms with Crippen molar-refractivity contribution in [3.8, 4) is 0 Å². The van der Waals surface area contributed by atoms with Gasteiger partial charge in [0.2, 0.25) is 15.0 Å². The molecule has 1 saturated heterocycles. The first kappa shape index (κ1) is 24.6. The number of nitrogens with zero attached hydrogens (tertiary/aromatic N) is 3. The summed E-state index contributed by atoms with van der Waals surface area (Å²) < 4.78 is 39.2. The van der Waals surface area contributed by atoms with E-state index in [9.17, 15) is 8.42 Å². The van der Waals surface area contributed by atoms with Crippen LogP contribution in [0.1, 0.15) is 31.0 Å². The maximum atomic E-state index is 13.2. The molecule has 0 aliphatic carbocycles. The molecule has 0 spiro atoms. The fourth-order valence-corrected chi connectivity index (χ4v) is 5.56. The molecule has 0 saturated carbocycles. The van der Waals surface area contributed by atoms with Gasteiger partial charge < -0.3 is 24.3 Å². The summed E-state index contributed by atoms with van der Waals surface area (Å²) >= 11 is 5.59. The standard InChI is InChI=1S/C22H32N4O4S2/c1-3-23-21(31)25(16-20-10-7-12-30-20)15-19-14-24-22(26(19)11-13-29-2)32(27,28)17-18-8-5-4-6-9-18/h4-6,8-9,14,20H,3,7,10-13,15-17H2,1-2H3,(H,23,31). The van der Waals surface area contributed by atoms with Gasteiger partial charge in [-0.25, -0.2) is 13.4 Å². The SMILES string of the molecule is CCNC(=S)N(Cc1cnc(S(=O)(=O)Cc2ccccc2)n1CCOC)CC1CCCO1. The number of sulfone groups is 1. The second-order valence-corrected chi connectivity index (χ2v) is 10.0. The first-order chi connectivity index (χ1) is 15.4. The predicted octanol–water partition coefficient (Wildman–Crippen LogP) is 2.38. The summed E-state index contributed by atoms with van der Waals surface area (Å²) in [7, 11) is -2.04. The number of nitrogens with one attached hydrogen (secondary N) is 1. The summed E-state index contributed by atoms with van der Waals surface area (Å²) in [5, 5.41) is 3.88. The minimum Gasteiger partial charge on any atom is -0.383 e. The highest BCUT2D eigenvalue weighted by Crippen LogP contribution is 2.20. The lowest BCUT2D eigenvalue weighted by molar-refractivity contribution is 0.0891. The molecule has 3 rings (SSSR count). The fraction of sp³-hybridized carbons (Fsp3) is 0.545. The van der Waals surface area contributed by atoms with Crippen LogP contribution in [0, 0.1) is 0 Å². The molecule has 0 bridgehead atoms. The highest BCUT2D eigenvalue weighted by atomic mass is 32.2. The van der Waals surface area contributed by atoms with E-state index in [1.165, 1.54) is 0 Å². The van der Waals surface area contributed by atoms with E-state index in [2.05, 4.69) is 10.3 Å². The zero-order chi connectivity index (χ0) is 23.0. The molecule has 0 amide bonds. The van der Waals surface area contributed by atoms with Gasteiger partial charge >= 0.3 is 0 Å². The average Bonchev–Trinajstić information content (AvgIpc) is 3.42. The number of thiocarbonyl (C=S) groups is 1. The molecule has 1 aromatic heterocycles. The smallest absolute Gasteiger partial charge is 0.228 e. The van der Waals surface area contributed by atoms with Gasteiger partial charge in [0.25, 0.3) is 0 Å². The van der Waals surface area contributed by atoms with Crippen molar-refractivity contribution in [2.75, 3.05) is 33.4 Å². The van der Waals surface area contributed by atoms with Crippen molar-refractivity contribution in [1.82, 2.24) is 19.8 Å². The van der Waals surface area contributed by atoms with Crippen LogP contribution in [-0.4, -0.2) is 67.5 Å². The first-order valence-electron chi connectivity index (χ1n) is 10.9. The molecule has 2 heterocycles. The molecule has 8 nitrogen and oxygen atoms in total. The Morgan fingerprint density at radius 1 is 1.38 bits per heavy atom. The number of hydrogen-bond donors (Lipinski definition) is 1. The average molecular weight is 481 g/mol. The quantitative estimate of drug-likeness (QED) is 0.491. The topological polar surface area (TPSA) is 85.7 Å². The van der Waals surface area contributed by atoms with Crippen molar-refractivity contribution in [2.45, 2.75) is 49.9 Å². The van der Waals surface area contributed by atoms with Gasteiger partial charge in [0.15, 0.2) is 5.11 Å². The predicted molar refractivity (Wildman–Crippen MR) is 127 cm³/mol. The number of aromatic nitrogens is 2. The third-order valence-corrected chi connectivity index (χ3v) is 7.31. The van der Waals surface area contributed by atoms with Crippen molar-refractivity contribution in [1.29, 1.82) is 0 Å². The zero-order valence-corrected chi connectivity index (χ0v) is 20.3. The zero-order valence-electron chi connectivity index (χ0n) is 18.7. The Balaban J connectivity index is 1.87. The number of hydrogen-bond acceptors (Lipinski definition) is 6. The van der Waals surface area contributed by atoms with Gasteiger partial charge in [0, 0.05) is 33.4 Å². The Labute approximate surface area is 195 Å². The summed E-state index contributed by atoms with van der Waals surface area (Å²) in [6, 6.07) is 9.14. The summed E-state index contributed by atoms with van der Waals surface area (Å²) in [4.78, 5) is 6.36. The summed E-state index contributed by atoms with van der Waals surface area (Å²) in [6.07, 6.45) is 3.78. The molecule has 1 atom stereocenters. The monoisotopic (exact) mass is 480 g/mol. The highest BCUT2D eigenvalue weighted by Gasteiger charge is 2.26. The molecule has 176 valence electrons. The van der Waals surface area contributed by atoms with Crippen LogP contribution in [0.2, 0.25) is 0 Å². The van der Waals surface area contributed by atoms with Crippen LogP contribution in [0.5, 0.6) is 0 Å². The van der Waals surface area contributed by atoms with Crippen LogP contribution < -0.4 is 5.32 Å². The van der Waals surface area contributed by atoms with Crippen LogP contribution in [0.3, 0.4) is 0 Å². The second-order valence-electron chi connectivity index (χ2n) is 7.77. The van der Waals surface area contributed by atoms with E-state index in [0.29, 0.717) is 37.9 Å². The molecule has 32 heavy (non-hydrogen) atoms. The van der Waals surface area contributed by atoms with Gasteiger partial charge in [-0.05, 0) is 37.5 Å². The van der Waals surface area contributed by atoms with Gasteiger partial charge in [0.05, 0.1) is 36.9 Å². The van der Waals surface area contributed by atoms with Crippen LogP contribution in [0.15, 0.2) is 41.7 Å². The molecule has 2 aromatic rings. The molecular weight excluding hydrogens is 448 g/mol. The molecule has 1 aliphatic rings. The minimum absolute atomic E-state index is 0.0554. The van der Waals surface area contributed by atoms with E-state index in [-0.39, 0.29) is 17.0 Å². The van der Waals surface area contributed by atoms with Crippen molar-refractivity contribution in [3.63, 3.8) is 0 Å². The van der Waals surface area contributed by atoms with Gasteiger partial charge in [-0.3, -0.25) is 0 Å². The van der Waals surface area contributed by atoms with Crippen LogP contribution in [0.25, 0.3) is 0 Å². The number of methoxy groups -OCH3 is 1. The van der Waals surface area contributed by atoms with Gasteiger partial charge in [-0.1, -0.05) is 30.3 Å².